The Balaban J connectivity index is 2.23. The minimum absolute atomic E-state index is 0.531. The van der Waals surface area contributed by atoms with Gasteiger partial charge in [0, 0.05) is 28.5 Å². The first-order chi connectivity index (χ1) is 9.83. The van der Waals surface area contributed by atoms with E-state index in [4.69, 9.17) is 11.2 Å². The predicted octanol–water partition coefficient (Wildman–Crippen LogP) is 3.01. The van der Waals surface area contributed by atoms with E-state index in [2.05, 4.69) is 17.0 Å². The Morgan fingerprint density at radius 3 is 2.95 bits per heavy atom. The van der Waals surface area contributed by atoms with E-state index in [1.807, 2.05) is 24.3 Å². The number of nitriles is 1. The minimum atomic E-state index is 0.531. The molecule has 0 saturated carbocycles. The topological polar surface area (TPSA) is 45.9 Å². The monoisotopic (exact) mass is 258 g/mol. The fourth-order valence-corrected chi connectivity index (χ4v) is 2.22. The summed E-state index contributed by atoms with van der Waals surface area (Å²) in [6.07, 6.45) is 11.1. The van der Waals surface area contributed by atoms with Crippen molar-refractivity contribution in [1.29, 1.82) is 5.26 Å². The van der Waals surface area contributed by atoms with Crippen LogP contribution in [0.3, 0.4) is 0 Å². The molecule has 1 aromatic carbocycles. The average molecular weight is 258 g/mol. The van der Waals surface area contributed by atoms with Gasteiger partial charge in [-0.25, -0.2) is 4.98 Å². The lowest BCUT2D eigenvalue weighted by atomic mass is 9.95. The minimum Gasteiger partial charge on any atom is -0.473 e. The summed E-state index contributed by atoms with van der Waals surface area (Å²) in [5.74, 6) is 3.23. The molecule has 1 aliphatic heterocycles. The summed E-state index contributed by atoms with van der Waals surface area (Å²) in [4.78, 5) is 4.29. The molecule has 94 valence electrons. The number of terminal acetylenes is 1. The highest BCUT2D eigenvalue weighted by molar-refractivity contribution is 5.78. The summed E-state index contributed by atoms with van der Waals surface area (Å²) < 4.78 is 5.42. The van der Waals surface area contributed by atoms with Crippen LogP contribution in [0.4, 0.5) is 0 Å². The van der Waals surface area contributed by atoms with Gasteiger partial charge in [-0.3, -0.25) is 0 Å². The summed E-state index contributed by atoms with van der Waals surface area (Å²) >= 11 is 0. The second-order valence-electron chi connectivity index (χ2n) is 4.32. The molecule has 0 spiro atoms. The van der Waals surface area contributed by atoms with E-state index in [9.17, 15) is 5.26 Å². The van der Waals surface area contributed by atoms with E-state index < -0.39 is 0 Å². The molecule has 20 heavy (non-hydrogen) atoms. The molecule has 2 heterocycles. The highest BCUT2D eigenvalue weighted by Gasteiger charge is 2.13. The second-order valence-corrected chi connectivity index (χ2v) is 4.32. The normalized spacial score (nSPS) is 11.9. The van der Waals surface area contributed by atoms with Crippen LogP contribution in [0.15, 0.2) is 36.5 Å². The van der Waals surface area contributed by atoms with Gasteiger partial charge in [-0.05, 0) is 24.3 Å². The number of hydrogen-bond acceptors (Lipinski definition) is 3. The van der Waals surface area contributed by atoms with Crippen LogP contribution in [0.2, 0.25) is 0 Å². The Hall–Kier alpha value is -3.04. The number of fused-ring (bicyclic) bond motifs is 1. The van der Waals surface area contributed by atoms with Crippen LogP contribution >= 0.6 is 0 Å². The summed E-state index contributed by atoms with van der Waals surface area (Å²) in [5.41, 5.74) is 3.69. The van der Waals surface area contributed by atoms with Crippen molar-refractivity contribution in [2.24, 2.45) is 0 Å². The first-order valence-corrected chi connectivity index (χ1v) is 6.13. The number of nitrogens with zero attached hydrogens (tertiary/aromatic N) is 2. The highest BCUT2D eigenvalue weighted by Crippen LogP contribution is 2.31. The van der Waals surface area contributed by atoms with Crippen molar-refractivity contribution in [2.45, 2.75) is 0 Å². The Labute approximate surface area is 117 Å². The SMILES string of the molecule is C#Cc1cccc(C#N)c1-c1cnc2c(c1)C=CCO2. The molecule has 0 bridgehead atoms. The van der Waals surface area contributed by atoms with Gasteiger partial charge in [-0.15, -0.1) is 6.42 Å². The lowest BCUT2D eigenvalue weighted by Crippen LogP contribution is -2.02. The number of benzene rings is 1. The van der Waals surface area contributed by atoms with Crippen molar-refractivity contribution in [2.75, 3.05) is 6.61 Å². The van der Waals surface area contributed by atoms with Crippen LogP contribution in [0.25, 0.3) is 17.2 Å². The van der Waals surface area contributed by atoms with Gasteiger partial charge in [0.25, 0.3) is 0 Å². The van der Waals surface area contributed by atoms with Crippen LogP contribution in [0.5, 0.6) is 5.88 Å². The molecule has 1 aliphatic rings. The molecule has 3 heteroatoms. The molecule has 0 atom stereocenters. The molecule has 0 unspecified atom stereocenters. The smallest absolute Gasteiger partial charge is 0.221 e. The van der Waals surface area contributed by atoms with E-state index in [1.165, 1.54) is 0 Å². The number of pyridine rings is 1. The predicted molar refractivity (Wildman–Crippen MR) is 76.9 cm³/mol. The molecular weight excluding hydrogens is 248 g/mol. The van der Waals surface area contributed by atoms with Gasteiger partial charge in [-0.2, -0.15) is 5.26 Å². The Bertz CT molecular complexity index is 759. The molecule has 0 amide bonds. The van der Waals surface area contributed by atoms with E-state index in [0.717, 1.165) is 16.7 Å². The number of hydrogen-bond donors (Lipinski definition) is 0. The Morgan fingerprint density at radius 1 is 1.30 bits per heavy atom. The van der Waals surface area contributed by atoms with Crippen LogP contribution in [-0.2, 0) is 0 Å². The lowest BCUT2D eigenvalue weighted by Gasteiger charge is -2.13. The average Bonchev–Trinajstić information content (AvgIpc) is 2.53. The van der Waals surface area contributed by atoms with E-state index in [0.29, 0.717) is 23.6 Å². The van der Waals surface area contributed by atoms with E-state index in [1.54, 1.807) is 18.3 Å². The first kappa shape index (κ1) is 12.0. The third-order valence-electron chi connectivity index (χ3n) is 3.12. The molecular formula is C17H10N2O. The first-order valence-electron chi connectivity index (χ1n) is 6.13. The van der Waals surface area contributed by atoms with Crippen molar-refractivity contribution in [3.05, 3.63) is 53.2 Å². The van der Waals surface area contributed by atoms with Gasteiger partial charge in [0.05, 0.1) is 11.6 Å². The fourth-order valence-electron chi connectivity index (χ4n) is 2.22. The lowest BCUT2D eigenvalue weighted by molar-refractivity contribution is 0.344. The fraction of sp³-hybridized carbons (Fsp3) is 0.0588. The van der Waals surface area contributed by atoms with E-state index >= 15 is 0 Å². The number of aromatic nitrogens is 1. The molecule has 2 aromatic rings. The number of ether oxygens (including phenoxy) is 1. The van der Waals surface area contributed by atoms with E-state index in [-0.39, 0.29) is 0 Å². The molecule has 0 saturated heterocycles. The van der Waals surface area contributed by atoms with Crippen LogP contribution in [-0.4, -0.2) is 11.6 Å². The highest BCUT2D eigenvalue weighted by atomic mass is 16.5. The Kier molecular flexibility index (Phi) is 2.95. The van der Waals surface area contributed by atoms with Crippen molar-refractivity contribution in [1.82, 2.24) is 4.98 Å². The van der Waals surface area contributed by atoms with Gasteiger partial charge in [0.15, 0.2) is 0 Å². The standard InChI is InChI=1S/C17H10N2O/c1-2-12-5-3-6-14(10-18)16(12)15-9-13-7-4-8-20-17(13)19-11-15/h1,3-7,9,11H,8H2. The third-order valence-corrected chi connectivity index (χ3v) is 3.12. The van der Waals surface area contributed by atoms with Crippen LogP contribution in [0.1, 0.15) is 16.7 Å². The summed E-state index contributed by atoms with van der Waals surface area (Å²) in [6.45, 7) is 0.531. The largest absolute Gasteiger partial charge is 0.473 e. The van der Waals surface area contributed by atoms with Crippen LogP contribution < -0.4 is 4.74 Å². The molecule has 0 aliphatic carbocycles. The van der Waals surface area contributed by atoms with Gasteiger partial charge in [0.1, 0.15) is 6.61 Å². The van der Waals surface area contributed by atoms with Gasteiger partial charge in [-0.1, -0.05) is 18.1 Å². The summed E-state index contributed by atoms with van der Waals surface area (Å²) in [5, 5.41) is 9.26. The molecule has 1 aromatic heterocycles. The van der Waals surface area contributed by atoms with Crippen LogP contribution in [0, 0.1) is 23.7 Å². The van der Waals surface area contributed by atoms with Crippen molar-refractivity contribution < 1.29 is 4.74 Å². The zero-order valence-electron chi connectivity index (χ0n) is 10.6. The maximum absolute atomic E-state index is 9.26. The van der Waals surface area contributed by atoms with Crippen molar-refractivity contribution in [3.8, 4) is 35.4 Å². The molecule has 3 nitrogen and oxygen atoms in total. The zero-order valence-corrected chi connectivity index (χ0v) is 10.6. The maximum Gasteiger partial charge on any atom is 0.221 e. The van der Waals surface area contributed by atoms with Gasteiger partial charge in [0.2, 0.25) is 5.88 Å². The molecule has 0 N–H and O–H groups in total. The summed E-state index contributed by atoms with van der Waals surface area (Å²) in [6, 6.07) is 9.47. The maximum atomic E-state index is 9.26. The quantitative estimate of drug-likeness (QED) is 0.739. The molecule has 3 rings (SSSR count). The summed E-state index contributed by atoms with van der Waals surface area (Å²) in [7, 11) is 0. The zero-order chi connectivity index (χ0) is 13.9. The molecule has 0 fully saturated rings. The third kappa shape index (κ3) is 1.92. The molecule has 0 radical (unpaired) electrons. The van der Waals surface area contributed by atoms with Crippen molar-refractivity contribution in [3.63, 3.8) is 0 Å². The van der Waals surface area contributed by atoms with Crippen molar-refractivity contribution >= 4 is 6.08 Å². The van der Waals surface area contributed by atoms with Gasteiger partial charge < -0.3 is 4.74 Å². The second kappa shape index (κ2) is 4.91. The number of rotatable bonds is 1. The Morgan fingerprint density at radius 2 is 2.15 bits per heavy atom. The van der Waals surface area contributed by atoms with Gasteiger partial charge >= 0.3 is 0 Å².